The number of aliphatic hydroxyl groups excluding tert-OH is 4. The van der Waals surface area contributed by atoms with Gasteiger partial charge in [-0.25, -0.2) is 0 Å². The zero-order valence-electron chi connectivity index (χ0n) is 6.18. The molecule has 2 unspecified atom stereocenters. The second-order valence-corrected chi connectivity index (χ2v) is 2.06. The molecule has 1 rings (SSSR count). The fraction of sp³-hybridized carbons (Fsp3) is 1.00. The quantitative estimate of drug-likeness (QED) is 0.364. The molecule has 1 heterocycles. The molecule has 0 spiro atoms. The third-order valence-corrected chi connectivity index (χ3v) is 1.13. The average Bonchev–Trinajstić information content (AvgIpc) is 2.37. The van der Waals surface area contributed by atoms with Gasteiger partial charge in [0.05, 0.1) is 19.8 Å². The molecule has 1 saturated heterocycles. The van der Waals surface area contributed by atoms with E-state index in [0.717, 1.165) is 0 Å². The second-order valence-electron chi connectivity index (χ2n) is 2.06. The lowest BCUT2D eigenvalue weighted by molar-refractivity contribution is -0.107. The molecule has 0 bridgehead atoms. The molecule has 0 aromatic carbocycles. The van der Waals surface area contributed by atoms with Gasteiger partial charge in [-0.1, -0.05) is 0 Å². The van der Waals surface area contributed by atoms with Gasteiger partial charge in [-0.05, 0) is 0 Å². The van der Waals surface area contributed by atoms with Crippen LogP contribution in [0.1, 0.15) is 6.42 Å². The molecule has 5 nitrogen and oxygen atoms in total. The molecule has 4 N–H and O–H groups in total. The summed E-state index contributed by atoms with van der Waals surface area (Å²) in [6.07, 6.45) is -1.03. The van der Waals surface area contributed by atoms with E-state index < -0.39 is 12.4 Å². The summed E-state index contributed by atoms with van der Waals surface area (Å²) < 4.78 is 4.57. The number of rotatable bonds is 1. The highest BCUT2D eigenvalue weighted by molar-refractivity contribution is 4.63. The van der Waals surface area contributed by atoms with Crippen molar-refractivity contribution in [2.75, 3.05) is 19.8 Å². The highest BCUT2D eigenvalue weighted by atomic mass is 16.6. The van der Waals surface area contributed by atoms with E-state index >= 15 is 0 Å². The lowest BCUT2D eigenvalue weighted by atomic mass is 10.3. The highest BCUT2D eigenvalue weighted by Gasteiger charge is 2.22. The summed E-state index contributed by atoms with van der Waals surface area (Å²) in [5.74, 6) is 0. The molecule has 1 aliphatic rings. The first-order valence-electron chi connectivity index (χ1n) is 3.41. The Balaban J connectivity index is 0.000000218. The van der Waals surface area contributed by atoms with Crippen LogP contribution in [0, 0.1) is 0 Å². The van der Waals surface area contributed by atoms with Crippen molar-refractivity contribution in [1.29, 1.82) is 0 Å². The molecule has 0 aliphatic carbocycles. The Morgan fingerprint density at radius 2 is 1.73 bits per heavy atom. The Morgan fingerprint density at radius 1 is 1.18 bits per heavy atom. The summed E-state index contributed by atoms with van der Waals surface area (Å²) in [7, 11) is 0. The molecular formula is C6H14O5. The fourth-order valence-electron chi connectivity index (χ4n) is 0.563. The first-order valence-corrected chi connectivity index (χ1v) is 3.41. The van der Waals surface area contributed by atoms with E-state index in [0.29, 0.717) is 13.0 Å². The van der Waals surface area contributed by atoms with Gasteiger partial charge in [0, 0.05) is 6.42 Å². The van der Waals surface area contributed by atoms with Gasteiger partial charge >= 0.3 is 0 Å². The molecule has 1 aliphatic heterocycles. The van der Waals surface area contributed by atoms with E-state index in [-0.39, 0.29) is 13.2 Å². The average molecular weight is 166 g/mol. The van der Waals surface area contributed by atoms with Crippen LogP contribution >= 0.6 is 0 Å². The van der Waals surface area contributed by atoms with E-state index in [1.807, 2.05) is 0 Å². The van der Waals surface area contributed by atoms with Gasteiger partial charge in [0.15, 0.2) is 6.29 Å². The Bertz CT molecular complexity index is 77.0. The van der Waals surface area contributed by atoms with E-state index in [1.165, 1.54) is 0 Å². The van der Waals surface area contributed by atoms with E-state index in [9.17, 15) is 0 Å². The van der Waals surface area contributed by atoms with Crippen LogP contribution in [0.2, 0.25) is 0 Å². The molecule has 5 heteroatoms. The van der Waals surface area contributed by atoms with Gasteiger partial charge in [0.25, 0.3) is 0 Å². The first-order chi connectivity index (χ1) is 5.22. The molecule has 0 saturated carbocycles. The van der Waals surface area contributed by atoms with Crippen LogP contribution < -0.4 is 0 Å². The molecule has 0 radical (unpaired) electrons. The van der Waals surface area contributed by atoms with E-state index in [4.69, 9.17) is 20.4 Å². The van der Waals surface area contributed by atoms with Gasteiger partial charge in [0.2, 0.25) is 0 Å². The number of aliphatic hydroxyl groups is 4. The zero-order chi connectivity index (χ0) is 8.69. The summed E-state index contributed by atoms with van der Waals surface area (Å²) >= 11 is 0. The molecule has 2 atom stereocenters. The monoisotopic (exact) mass is 166 g/mol. The van der Waals surface area contributed by atoms with E-state index in [2.05, 4.69) is 4.74 Å². The predicted octanol–water partition coefficient (Wildman–Crippen LogP) is -1.94. The van der Waals surface area contributed by atoms with Crippen LogP contribution in [-0.4, -0.2) is 52.6 Å². The molecule has 1 fully saturated rings. The predicted molar refractivity (Wildman–Crippen MR) is 36.8 cm³/mol. The Morgan fingerprint density at radius 3 is 1.82 bits per heavy atom. The van der Waals surface area contributed by atoms with Gasteiger partial charge in [-0.3, -0.25) is 0 Å². The zero-order valence-corrected chi connectivity index (χ0v) is 6.18. The maximum atomic E-state index is 8.62. The maximum Gasteiger partial charge on any atom is 0.180 e. The lowest BCUT2D eigenvalue weighted by Crippen LogP contribution is -2.18. The van der Waals surface area contributed by atoms with Crippen LogP contribution in [0.4, 0.5) is 0 Å². The molecule has 68 valence electrons. The third kappa shape index (κ3) is 5.11. The van der Waals surface area contributed by atoms with Crippen molar-refractivity contribution < 1.29 is 25.2 Å². The minimum Gasteiger partial charge on any atom is -0.394 e. The molecule has 0 aromatic heterocycles. The van der Waals surface area contributed by atoms with Gasteiger partial charge in [0.1, 0.15) is 6.10 Å². The van der Waals surface area contributed by atoms with Crippen LogP contribution in [0.15, 0.2) is 0 Å². The summed E-state index contributed by atoms with van der Waals surface area (Å²) in [4.78, 5) is 0. The van der Waals surface area contributed by atoms with E-state index in [1.54, 1.807) is 0 Å². The third-order valence-electron chi connectivity index (χ3n) is 1.13. The van der Waals surface area contributed by atoms with Gasteiger partial charge < -0.3 is 25.2 Å². The summed E-state index contributed by atoms with van der Waals surface area (Å²) in [5.41, 5.74) is 0. The minimum atomic E-state index is -0.931. The first kappa shape index (κ1) is 10.8. The van der Waals surface area contributed by atoms with Crippen LogP contribution in [0.25, 0.3) is 0 Å². The molecule has 0 aromatic rings. The van der Waals surface area contributed by atoms with Crippen molar-refractivity contribution in [2.24, 2.45) is 0 Å². The largest absolute Gasteiger partial charge is 0.394 e. The van der Waals surface area contributed by atoms with Crippen molar-refractivity contribution in [1.82, 2.24) is 0 Å². The van der Waals surface area contributed by atoms with Crippen LogP contribution in [0.5, 0.6) is 0 Å². The SMILES string of the molecule is OC1CCOC1O.OCCO. The number of hydrogen-bond acceptors (Lipinski definition) is 5. The molecular weight excluding hydrogens is 152 g/mol. The Kier molecular flexibility index (Phi) is 6.39. The highest BCUT2D eigenvalue weighted by Crippen LogP contribution is 2.08. The molecule has 11 heavy (non-hydrogen) atoms. The normalized spacial score (nSPS) is 29.5. The maximum absolute atomic E-state index is 8.62. The lowest BCUT2D eigenvalue weighted by Gasteiger charge is -2.02. The fourth-order valence-corrected chi connectivity index (χ4v) is 0.563. The summed E-state index contributed by atoms with van der Waals surface area (Å²) in [6.45, 7) is 0.225. The Hall–Kier alpha value is -0.200. The molecule has 0 amide bonds. The van der Waals surface area contributed by atoms with Crippen molar-refractivity contribution in [3.63, 3.8) is 0 Å². The minimum absolute atomic E-state index is 0.125. The number of hydrogen-bond donors (Lipinski definition) is 4. The standard InChI is InChI=1S/C4H8O3.C2H6O2/c5-3-1-2-7-4(3)6;3-1-2-4/h3-6H,1-2H2;3-4H,1-2H2. The van der Waals surface area contributed by atoms with Crippen molar-refractivity contribution >= 4 is 0 Å². The summed E-state index contributed by atoms with van der Waals surface area (Å²) in [6, 6.07) is 0. The Labute approximate surface area is 64.9 Å². The second kappa shape index (κ2) is 6.51. The van der Waals surface area contributed by atoms with Gasteiger partial charge in [-0.2, -0.15) is 0 Å². The van der Waals surface area contributed by atoms with Crippen molar-refractivity contribution in [2.45, 2.75) is 18.8 Å². The van der Waals surface area contributed by atoms with Crippen molar-refractivity contribution in [3.8, 4) is 0 Å². The van der Waals surface area contributed by atoms with Crippen LogP contribution in [0.3, 0.4) is 0 Å². The van der Waals surface area contributed by atoms with Crippen LogP contribution in [-0.2, 0) is 4.74 Å². The van der Waals surface area contributed by atoms with Crippen molar-refractivity contribution in [3.05, 3.63) is 0 Å². The topological polar surface area (TPSA) is 90.2 Å². The smallest absolute Gasteiger partial charge is 0.180 e. The summed E-state index contributed by atoms with van der Waals surface area (Å²) in [5, 5.41) is 32.4. The van der Waals surface area contributed by atoms with Gasteiger partial charge in [-0.15, -0.1) is 0 Å². The number of ether oxygens (including phenoxy) is 1.